The van der Waals surface area contributed by atoms with Crippen LogP contribution in [0, 0.1) is 30.6 Å². The summed E-state index contributed by atoms with van der Waals surface area (Å²) in [6.45, 7) is 12.6. The number of phenolic OH excluding ortho intramolecular Hbond substituents is 1. The highest BCUT2D eigenvalue weighted by molar-refractivity contribution is 6.33. The SMILES string of the molecule is CN=C1C(OC)=C2NC(=O)/C(C)=C\C=C\[C@H](C)[C@H](O)[C@@H](C)[C@@H](O)[C@@H](C)[C@H](OC(C)=O)[C@H](C)[C@@H](OC)/C=C/O[C@@]3(C)Oc4c(C)c(O)c(c1c4C3=O)C2=O. The maximum atomic E-state index is 14.2. The van der Waals surface area contributed by atoms with E-state index in [4.69, 9.17) is 23.7 Å². The molecule has 4 N–H and O–H groups in total. The lowest BCUT2D eigenvalue weighted by Crippen LogP contribution is -2.46. The van der Waals surface area contributed by atoms with Gasteiger partial charge in [0, 0.05) is 68.4 Å². The number of fused-ring (bicyclic) bond motifs is 14. The molecule has 1 aromatic carbocycles. The van der Waals surface area contributed by atoms with Gasteiger partial charge in [0.1, 0.15) is 29.0 Å². The molecule has 0 radical (unpaired) electrons. The maximum absolute atomic E-state index is 14.2. The number of benzene rings is 1. The monoisotopic (exact) mass is 738 g/mol. The fourth-order valence-corrected chi connectivity index (χ4v) is 7.09. The van der Waals surface area contributed by atoms with E-state index < -0.39 is 83.1 Å². The Bertz CT molecular complexity index is 1820. The summed E-state index contributed by atoms with van der Waals surface area (Å²) in [5.41, 5.74) is -0.420. The summed E-state index contributed by atoms with van der Waals surface area (Å²) in [6.07, 6.45) is 3.65. The molecule has 4 aliphatic rings. The average Bonchev–Trinajstić information content (AvgIpc) is 3.39. The van der Waals surface area contributed by atoms with E-state index in [1.54, 1.807) is 39.8 Å². The molecular weight excluding hydrogens is 688 g/mol. The van der Waals surface area contributed by atoms with E-state index in [0.29, 0.717) is 0 Å². The van der Waals surface area contributed by atoms with Crippen molar-refractivity contribution in [3.05, 3.63) is 69.8 Å². The second kappa shape index (κ2) is 16.1. The van der Waals surface area contributed by atoms with Gasteiger partial charge in [0.2, 0.25) is 5.78 Å². The molecule has 0 saturated carbocycles. The van der Waals surface area contributed by atoms with Crippen molar-refractivity contribution in [3.8, 4) is 11.5 Å². The molecule has 5 bridgehead atoms. The number of hydrogen-bond acceptors (Lipinski definition) is 13. The van der Waals surface area contributed by atoms with E-state index in [1.807, 2.05) is 0 Å². The van der Waals surface area contributed by atoms with Gasteiger partial charge in [-0.05, 0) is 19.9 Å². The van der Waals surface area contributed by atoms with Gasteiger partial charge in [-0.15, -0.1) is 0 Å². The van der Waals surface area contributed by atoms with Crippen molar-refractivity contribution >= 4 is 29.2 Å². The first kappa shape index (κ1) is 41.0. The number of ether oxygens (including phenoxy) is 5. The van der Waals surface area contributed by atoms with E-state index >= 15 is 0 Å². The predicted octanol–water partition coefficient (Wildman–Crippen LogP) is 3.84. The van der Waals surface area contributed by atoms with Crippen LogP contribution in [-0.4, -0.2) is 95.9 Å². The number of rotatable bonds is 3. The summed E-state index contributed by atoms with van der Waals surface area (Å²) in [7, 11) is 4.13. The molecular formula is C39H50N2O12. The first-order valence-electron chi connectivity index (χ1n) is 17.4. The van der Waals surface area contributed by atoms with Crippen LogP contribution in [0.5, 0.6) is 11.5 Å². The summed E-state index contributed by atoms with van der Waals surface area (Å²) in [4.78, 5) is 58.4. The number of phenols is 1. The fraction of sp³-hybridized carbons (Fsp3) is 0.513. The summed E-state index contributed by atoms with van der Waals surface area (Å²) in [5, 5.41) is 36.7. The van der Waals surface area contributed by atoms with E-state index in [-0.39, 0.29) is 50.7 Å². The number of Topliss-reactive ketones (excluding diaryl/α,β-unsaturated/α-hetero) is 2. The number of allylic oxidation sites excluding steroid dienone is 4. The zero-order valence-electron chi connectivity index (χ0n) is 32.0. The van der Waals surface area contributed by atoms with Gasteiger partial charge in [0.05, 0.1) is 42.8 Å². The highest BCUT2D eigenvalue weighted by atomic mass is 16.7. The van der Waals surface area contributed by atoms with Crippen molar-refractivity contribution in [1.82, 2.24) is 5.32 Å². The number of aliphatic hydroxyl groups excluding tert-OH is 2. The Labute approximate surface area is 309 Å². The number of ketones is 2. The molecule has 1 aromatic rings. The highest BCUT2D eigenvalue weighted by Gasteiger charge is 2.52. The second-order valence-corrected chi connectivity index (χ2v) is 13.9. The van der Waals surface area contributed by atoms with Crippen molar-refractivity contribution in [2.45, 2.75) is 85.6 Å². The molecule has 14 heteroatoms. The lowest BCUT2D eigenvalue weighted by atomic mass is 9.78. The molecule has 3 aliphatic heterocycles. The first-order valence-corrected chi connectivity index (χ1v) is 17.4. The lowest BCUT2D eigenvalue weighted by molar-refractivity contribution is -0.160. The molecule has 0 aromatic heterocycles. The number of carbonyl (C=O) groups excluding carboxylic acids is 4. The summed E-state index contributed by atoms with van der Waals surface area (Å²) >= 11 is 0. The quantitative estimate of drug-likeness (QED) is 0.327. The number of aliphatic hydroxyl groups is 2. The average molecular weight is 739 g/mol. The van der Waals surface area contributed by atoms with Crippen LogP contribution in [0.25, 0.3) is 0 Å². The molecule has 1 aliphatic carbocycles. The third kappa shape index (κ3) is 7.53. The third-order valence-corrected chi connectivity index (χ3v) is 10.4. The Morgan fingerprint density at radius 1 is 0.962 bits per heavy atom. The van der Waals surface area contributed by atoms with Gasteiger partial charge in [0.15, 0.2) is 5.76 Å². The molecule has 5 rings (SSSR count). The van der Waals surface area contributed by atoms with E-state index in [9.17, 15) is 34.5 Å². The molecule has 1 amide bonds. The van der Waals surface area contributed by atoms with Gasteiger partial charge >= 0.3 is 11.8 Å². The van der Waals surface area contributed by atoms with Crippen molar-refractivity contribution < 1.29 is 58.2 Å². The second-order valence-electron chi connectivity index (χ2n) is 13.9. The fourth-order valence-electron chi connectivity index (χ4n) is 7.09. The number of amides is 1. The van der Waals surface area contributed by atoms with Crippen molar-refractivity contribution in [2.24, 2.45) is 28.7 Å². The van der Waals surface area contributed by atoms with E-state index in [1.165, 1.54) is 67.4 Å². The summed E-state index contributed by atoms with van der Waals surface area (Å²) < 4.78 is 29.1. The van der Waals surface area contributed by atoms with Crippen LogP contribution in [0.2, 0.25) is 0 Å². The molecule has 53 heavy (non-hydrogen) atoms. The first-order chi connectivity index (χ1) is 24.9. The van der Waals surface area contributed by atoms with Gasteiger partial charge in [-0.2, -0.15) is 0 Å². The summed E-state index contributed by atoms with van der Waals surface area (Å²) in [6, 6.07) is 0. The van der Waals surface area contributed by atoms with E-state index in [2.05, 4.69) is 10.3 Å². The van der Waals surface area contributed by atoms with Gasteiger partial charge in [-0.25, -0.2) is 0 Å². The Balaban J connectivity index is 1.91. The molecule has 288 valence electrons. The lowest BCUT2D eigenvalue weighted by Gasteiger charge is -2.38. The van der Waals surface area contributed by atoms with Crippen molar-refractivity contribution in [2.75, 3.05) is 21.3 Å². The van der Waals surface area contributed by atoms with E-state index in [0.717, 1.165) is 0 Å². The molecule has 0 fully saturated rings. The van der Waals surface area contributed by atoms with Crippen molar-refractivity contribution in [1.29, 1.82) is 0 Å². The number of hydrogen-bond donors (Lipinski definition) is 4. The van der Waals surface area contributed by atoms with Crippen LogP contribution in [0.1, 0.15) is 80.3 Å². The number of aliphatic imine (C=N–C) groups is 1. The van der Waals surface area contributed by atoms with Crippen LogP contribution in [-0.2, 0) is 28.5 Å². The van der Waals surface area contributed by atoms with Crippen LogP contribution in [0.3, 0.4) is 0 Å². The normalized spacial score (nSPS) is 34.1. The molecule has 14 nitrogen and oxygen atoms in total. The van der Waals surface area contributed by atoms with Crippen LogP contribution in [0.15, 0.2) is 52.6 Å². The topological polar surface area (TPSA) is 200 Å². The minimum Gasteiger partial charge on any atom is -0.507 e. The summed E-state index contributed by atoms with van der Waals surface area (Å²) in [5.74, 6) is -7.80. The van der Waals surface area contributed by atoms with Crippen LogP contribution >= 0.6 is 0 Å². The zero-order valence-corrected chi connectivity index (χ0v) is 32.0. The minimum absolute atomic E-state index is 0.00898. The largest absolute Gasteiger partial charge is 0.507 e. The Hall–Kier alpha value is -4.79. The molecule has 0 spiro atoms. The highest BCUT2D eigenvalue weighted by Crippen LogP contribution is 2.49. The minimum atomic E-state index is -1.98. The molecule has 0 saturated heterocycles. The Kier molecular flexibility index (Phi) is 12.4. The smallest absolute Gasteiger partial charge is 0.312 e. The standard InChI is InChI=1S/C39H50N2O12/c1-17-13-12-14-18(2)38(48)41-29-33(46)26-25(28(40-9)36(29)50-11)27-35(22(6)32(26)45)53-39(8,37(27)47)51-16-15-24(49-10)19(3)34(52-23(7)42)21(5)31(44)20(4)30(17)43/h12-17,19-21,24,30-31,34,43-45H,1-11H3,(H,41,48)/b13-12+,16-15+,18-14-,40-28?/t17-,19+,20+,21+,24-,30-,31+,34+,39-/m0/s1. The molecule has 3 heterocycles. The zero-order chi connectivity index (χ0) is 39.7. The number of nitrogens with one attached hydrogen (secondary N) is 1. The van der Waals surface area contributed by atoms with Gasteiger partial charge < -0.3 is 44.3 Å². The van der Waals surface area contributed by atoms with Crippen LogP contribution < -0.4 is 10.1 Å². The number of methoxy groups -OCH3 is 2. The molecule has 0 unspecified atom stereocenters. The maximum Gasteiger partial charge on any atom is 0.312 e. The third-order valence-electron chi connectivity index (χ3n) is 10.4. The number of esters is 1. The van der Waals surface area contributed by atoms with Crippen LogP contribution in [0.4, 0.5) is 0 Å². The predicted molar refractivity (Wildman–Crippen MR) is 193 cm³/mol. The number of nitrogens with zero attached hydrogens (tertiary/aromatic N) is 1. The number of aromatic hydroxyl groups is 1. The Morgan fingerprint density at radius 3 is 2.21 bits per heavy atom. The van der Waals surface area contributed by atoms with Gasteiger partial charge in [-0.1, -0.05) is 45.9 Å². The Morgan fingerprint density at radius 2 is 1.62 bits per heavy atom. The molecule has 9 atom stereocenters. The number of carbonyl (C=O) groups is 4. The van der Waals surface area contributed by atoms with Gasteiger partial charge in [0.25, 0.3) is 11.7 Å². The van der Waals surface area contributed by atoms with Crippen molar-refractivity contribution in [3.63, 3.8) is 0 Å². The van der Waals surface area contributed by atoms with Gasteiger partial charge in [-0.3, -0.25) is 24.2 Å².